The monoisotopic (exact) mass is 258 g/mol. The number of hydrogen-bond acceptors (Lipinski definition) is 5. The maximum Gasteiger partial charge on any atom is 0.226 e. The van der Waals surface area contributed by atoms with E-state index in [0.717, 1.165) is 17.0 Å². The Hall–Kier alpha value is -2.01. The van der Waals surface area contributed by atoms with Gasteiger partial charge in [0, 0.05) is 36.9 Å². The number of nitrogens with zero attached hydrogens (tertiary/aromatic N) is 4. The van der Waals surface area contributed by atoms with Gasteiger partial charge in [-0.15, -0.1) is 0 Å². The SMILES string of the molecule is Cc1cc(C)nc(N(CCO)Cc2cccnc2)n1. The van der Waals surface area contributed by atoms with Gasteiger partial charge in [0.15, 0.2) is 0 Å². The lowest BCUT2D eigenvalue weighted by molar-refractivity contribution is 0.300. The van der Waals surface area contributed by atoms with Crippen LogP contribution in [0.3, 0.4) is 0 Å². The van der Waals surface area contributed by atoms with E-state index in [1.54, 1.807) is 6.20 Å². The summed E-state index contributed by atoms with van der Waals surface area (Å²) in [5, 5.41) is 9.20. The molecule has 0 bridgehead atoms. The van der Waals surface area contributed by atoms with E-state index in [1.165, 1.54) is 0 Å². The molecule has 19 heavy (non-hydrogen) atoms. The van der Waals surface area contributed by atoms with Gasteiger partial charge in [-0.1, -0.05) is 6.07 Å². The van der Waals surface area contributed by atoms with Crippen LogP contribution in [0.4, 0.5) is 5.95 Å². The van der Waals surface area contributed by atoms with Crippen molar-refractivity contribution >= 4 is 5.95 Å². The zero-order valence-electron chi connectivity index (χ0n) is 11.2. The van der Waals surface area contributed by atoms with Crippen LogP contribution in [0.5, 0.6) is 0 Å². The lowest BCUT2D eigenvalue weighted by atomic mass is 10.2. The van der Waals surface area contributed by atoms with Gasteiger partial charge in [0.2, 0.25) is 5.95 Å². The van der Waals surface area contributed by atoms with Crippen LogP contribution in [0.2, 0.25) is 0 Å². The van der Waals surface area contributed by atoms with Crippen molar-refractivity contribution < 1.29 is 5.11 Å². The highest BCUT2D eigenvalue weighted by Crippen LogP contribution is 2.13. The predicted molar refractivity (Wildman–Crippen MR) is 73.9 cm³/mol. The van der Waals surface area contributed by atoms with E-state index in [1.807, 2.05) is 43.1 Å². The van der Waals surface area contributed by atoms with Crippen LogP contribution >= 0.6 is 0 Å². The third kappa shape index (κ3) is 3.72. The van der Waals surface area contributed by atoms with Crippen LogP contribution < -0.4 is 4.90 Å². The minimum atomic E-state index is 0.0661. The van der Waals surface area contributed by atoms with Crippen molar-refractivity contribution in [2.75, 3.05) is 18.1 Å². The molecular weight excluding hydrogens is 240 g/mol. The second kappa shape index (κ2) is 6.24. The van der Waals surface area contributed by atoms with Gasteiger partial charge in [-0.25, -0.2) is 9.97 Å². The van der Waals surface area contributed by atoms with Crippen molar-refractivity contribution in [2.24, 2.45) is 0 Å². The zero-order valence-corrected chi connectivity index (χ0v) is 11.2. The molecular formula is C14H18N4O. The predicted octanol–water partition coefficient (Wildman–Crippen LogP) is 1.49. The molecule has 0 unspecified atom stereocenters. The topological polar surface area (TPSA) is 62.1 Å². The first-order chi connectivity index (χ1) is 9.19. The van der Waals surface area contributed by atoms with Gasteiger partial charge in [-0.2, -0.15) is 0 Å². The fraction of sp³-hybridized carbons (Fsp3) is 0.357. The molecule has 0 aliphatic carbocycles. The van der Waals surface area contributed by atoms with Crippen molar-refractivity contribution in [3.05, 3.63) is 47.5 Å². The van der Waals surface area contributed by atoms with Gasteiger partial charge in [-0.05, 0) is 31.5 Å². The Morgan fingerprint density at radius 2 is 1.95 bits per heavy atom. The Balaban J connectivity index is 2.24. The van der Waals surface area contributed by atoms with E-state index in [4.69, 9.17) is 0 Å². The molecule has 0 atom stereocenters. The molecule has 5 heteroatoms. The molecule has 2 rings (SSSR count). The van der Waals surface area contributed by atoms with Crippen molar-refractivity contribution in [1.82, 2.24) is 15.0 Å². The molecule has 0 radical (unpaired) electrons. The summed E-state index contributed by atoms with van der Waals surface area (Å²) in [7, 11) is 0. The molecule has 0 aliphatic heterocycles. The van der Waals surface area contributed by atoms with E-state index in [9.17, 15) is 5.11 Å². The van der Waals surface area contributed by atoms with Crippen LogP contribution in [0, 0.1) is 13.8 Å². The third-order valence-corrected chi connectivity index (χ3v) is 2.72. The number of anilines is 1. The highest BCUT2D eigenvalue weighted by atomic mass is 16.3. The summed E-state index contributed by atoms with van der Waals surface area (Å²) >= 11 is 0. The van der Waals surface area contributed by atoms with Crippen molar-refractivity contribution in [3.8, 4) is 0 Å². The number of hydrogen-bond donors (Lipinski definition) is 1. The molecule has 1 N–H and O–H groups in total. The largest absolute Gasteiger partial charge is 0.395 e. The van der Waals surface area contributed by atoms with Gasteiger partial charge < -0.3 is 10.0 Å². The molecule has 5 nitrogen and oxygen atoms in total. The standard InChI is InChI=1S/C14H18N4O/c1-11-8-12(2)17-14(16-11)18(6-7-19)10-13-4-3-5-15-9-13/h3-5,8-9,19H,6-7,10H2,1-2H3. The second-order valence-corrected chi connectivity index (χ2v) is 4.46. The number of pyridine rings is 1. The molecule has 2 aromatic rings. The lowest BCUT2D eigenvalue weighted by Gasteiger charge is -2.22. The number of aliphatic hydroxyl groups excluding tert-OH is 1. The van der Waals surface area contributed by atoms with Gasteiger partial charge in [0.05, 0.1) is 6.61 Å². The second-order valence-electron chi connectivity index (χ2n) is 4.46. The summed E-state index contributed by atoms with van der Waals surface area (Å²) in [5.41, 5.74) is 2.92. The molecule has 0 spiro atoms. The van der Waals surface area contributed by atoms with Gasteiger partial charge >= 0.3 is 0 Å². The lowest BCUT2D eigenvalue weighted by Crippen LogP contribution is -2.28. The molecule has 0 aliphatic rings. The Kier molecular flexibility index (Phi) is 4.41. The minimum Gasteiger partial charge on any atom is -0.395 e. The normalized spacial score (nSPS) is 10.5. The fourth-order valence-electron chi connectivity index (χ4n) is 1.93. The summed E-state index contributed by atoms with van der Waals surface area (Å²) < 4.78 is 0. The number of aliphatic hydroxyl groups is 1. The molecule has 0 saturated carbocycles. The van der Waals surface area contributed by atoms with Crippen LogP contribution in [-0.2, 0) is 6.54 Å². The third-order valence-electron chi connectivity index (χ3n) is 2.72. The number of rotatable bonds is 5. The molecule has 2 heterocycles. The first-order valence-corrected chi connectivity index (χ1v) is 6.26. The number of aromatic nitrogens is 3. The summed E-state index contributed by atoms with van der Waals surface area (Å²) in [6.45, 7) is 5.09. The first-order valence-electron chi connectivity index (χ1n) is 6.26. The summed E-state index contributed by atoms with van der Waals surface area (Å²) in [5.74, 6) is 0.649. The van der Waals surface area contributed by atoms with Crippen LogP contribution in [0.25, 0.3) is 0 Å². The van der Waals surface area contributed by atoms with E-state index < -0.39 is 0 Å². The molecule has 100 valence electrons. The highest BCUT2D eigenvalue weighted by molar-refractivity contribution is 5.33. The summed E-state index contributed by atoms with van der Waals surface area (Å²) in [6, 6.07) is 5.83. The first kappa shape index (κ1) is 13.4. The van der Waals surface area contributed by atoms with E-state index in [2.05, 4.69) is 15.0 Å². The van der Waals surface area contributed by atoms with Crippen LogP contribution in [-0.4, -0.2) is 33.2 Å². The van der Waals surface area contributed by atoms with Gasteiger partial charge in [-0.3, -0.25) is 4.98 Å². The minimum absolute atomic E-state index is 0.0661. The molecule has 0 amide bonds. The number of aryl methyl sites for hydroxylation is 2. The van der Waals surface area contributed by atoms with Crippen molar-refractivity contribution in [2.45, 2.75) is 20.4 Å². The molecule has 0 saturated heterocycles. The maximum atomic E-state index is 9.20. The maximum absolute atomic E-state index is 9.20. The molecule has 0 aromatic carbocycles. The van der Waals surface area contributed by atoms with Crippen LogP contribution in [0.1, 0.15) is 17.0 Å². The molecule has 0 fully saturated rings. The Labute approximate surface area is 113 Å². The smallest absolute Gasteiger partial charge is 0.226 e. The molecule has 2 aromatic heterocycles. The average Bonchev–Trinajstić information content (AvgIpc) is 2.38. The Morgan fingerprint density at radius 1 is 1.21 bits per heavy atom. The fourth-order valence-corrected chi connectivity index (χ4v) is 1.93. The van der Waals surface area contributed by atoms with Gasteiger partial charge in [0.1, 0.15) is 0 Å². The Bertz CT molecular complexity index is 510. The van der Waals surface area contributed by atoms with Gasteiger partial charge in [0.25, 0.3) is 0 Å². The zero-order chi connectivity index (χ0) is 13.7. The highest BCUT2D eigenvalue weighted by Gasteiger charge is 2.11. The van der Waals surface area contributed by atoms with Crippen LogP contribution in [0.15, 0.2) is 30.6 Å². The van der Waals surface area contributed by atoms with Crippen molar-refractivity contribution in [3.63, 3.8) is 0 Å². The Morgan fingerprint density at radius 3 is 2.53 bits per heavy atom. The van der Waals surface area contributed by atoms with E-state index in [-0.39, 0.29) is 6.61 Å². The van der Waals surface area contributed by atoms with E-state index >= 15 is 0 Å². The quantitative estimate of drug-likeness (QED) is 0.880. The van der Waals surface area contributed by atoms with E-state index in [0.29, 0.717) is 19.0 Å². The summed E-state index contributed by atoms with van der Waals surface area (Å²) in [6.07, 6.45) is 3.56. The summed E-state index contributed by atoms with van der Waals surface area (Å²) in [4.78, 5) is 14.9. The average molecular weight is 258 g/mol. The van der Waals surface area contributed by atoms with Crippen molar-refractivity contribution in [1.29, 1.82) is 0 Å².